The fourth-order valence-electron chi connectivity index (χ4n) is 4.22. The number of fused-ring (bicyclic) bond motifs is 2. The number of amides is 1. The van der Waals surface area contributed by atoms with Gasteiger partial charge in [-0.3, -0.25) is 9.59 Å². The highest BCUT2D eigenvalue weighted by atomic mass is 19.4. The number of carbonyl (C=O) groups is 1. The topological polar surface area (TPSA) is 96.8 Å². The van der Waals surface area contributed by atoms with E-state index in [-0.39, 0.29) is 48.8 Å². The Hall–Kier alpha value is -4.09. The van der Waals surface area contributed by atoms with Crippen molar-refractivity contribution in [1.82, 2.24) is 29.9 Å². The molecule has 0 unspecified atom stereocenters. The van der Waals surface area contributed by atoms with Crippen LogP contribution in [0.5, 0.6) is 0 Å². The van der Waals surface area contributed by atoms with Gasteiger partial charge in [0.1, 0.15) is 18.1 Å². The van der Waals surface area contributed by atoms with Crippen LogP contribution in [0, 0.1) is 5.82 Å². The molecule has 2 aromatic heterocycles. The van der Waals surface area contributed by atoms with Crippen LogP contribution >= 0.6 is 0 Å². The molecule has 2 aromatic carbocycles. The van der Waals surface area contributed by atoms with Crippen molar-refractivity contribution in [2.24, 2.45) is 0 Å². The van der Waals surface area contributed by atoms with Crippen LogP contribution < -0.4 is 5.56 Å². The van der Waals surface area contributed by atoms with Gasteiger partial charge in [-0.1, -0.05) is 24.3 Å². The number of nitrogens with zero attached hydrogens (tertiary/aromatic N) is 5. The summed E-state index contributed by atoms with van der Waals surface area (Å²) in [6, 6.07) is 11.1. The highest BCUT2D eigenvalue weighted by Gasteiger charge is 2.33. The highest BCUT2D eigenvalue weighted by molar-refractivity contribution is 5.94. The second-order valence-electron chi connectivity index (χ2n) is 8.24. The van der Waals surface area contributed by atoms with Crippen molar-refractivity contribution in [2.45, 2.75) is 32.1 Å². The Balaban J connectivity index is 1.39. The number of hydrogen-bond donors (Lipinski definition) is 1. The largest absolute Gasteiger partial charge is 0.396 e. The Morgan fingerprint density at radius 2 is 1.83 bits per heavy atom. The zero-order chi connectivity index (χ0) is 24.7. The van der Waals surface area contributed by atoms with Crippen LogP contribution in [-0.2, 0) is 25.9 Å². The third kappa shape index (κ3) is 4.51. The molecule has 0 bridgehead atoms. The van der Waals surface area contributed by atoms with Crippen LogP contribution in [-0.4, -0.2) is 48.5 Å². The highest BCUT2D eigenvalue weighted by Crippen LogP contribution is 2.24. The van der Waals surface area contributed by atoms with Crippen LogP contribution in [0.3, 0.4) is 0 Å². The molecule has 3 heterocycles. The summed E-state index contributed by atoms with van der Waals surface area (Å²) in [5.41, 5.74) is 0.677. The fraction of sp³-hybridized carbons (Fsp3) is 0.261. The van der Waals surface area contributed by atoms with Crippen molar-refractivity contribution in [3.05, 3.63) is 87.1 Å². The van der Waals surface area contributed by atoms with E-state index in [1.54, 1.807) is 24.3 Å². The van der Waals surface area contributed by atoms with E-state index >= 15 is 0 Å². The van der Waals surface area contributed by atoms with Crippen LogP contribution in [0.15, 0.2) is 47.3 Å². The van der Waals surface area contributed by atoms with Crippen molar-refractivity contribution in [1.29, 1.82) is 0 Å². The average Bonchev–Trinajstić information content (AvgIpc) is 3.22. The molecular weight excluding hydrogens is 468 g/mol. The summed E-state index contributed by atoms with van der Waals surface area (Å²) in [5.74, 6) is -1.32. The van der Waals surface area contributed by atoms with E-state index in [2.05, 4.69) is 20.4 Å². The monoisotopic (exact) mass is 486 g/mol. The van der Waals surface area contributed by atoms with Crippen molar-refractivity contribution in [3.8, 4) is 0 Å². The maximum absolute atomic E-state index is 14.6. The zero-order valence-corrected chi connectivity index (χ0v) is 18.1. The van der Waals surface area contributed by atoms with Gasteiger partial charge in [0.2, 0.25) is 0 Å². The molecule has 1 N–H and O–H groups in total. The lowest BCUT2D eigenvalue weighted by Gasteiger charge is -2.28. The second kappa shape index (κ2) is 8.60. The van der Waals surface area contributed by atoms with Crippen LogP contribution in [0.4, 0.5) is 17.6 Å². The van der Waals surface area contributed by atoms with Gasteiger partial charge >= 0.3 is 6.18 Å². The van der Waals surface area contributed by atoms with Crippen LogP contribution in [0.2, 0.25) is 0 Å². The van der Waals surface area contributed by atoms with Gasteiger partial charge in [-0.15, -0.1) is 10.2 Å². The number of alkyl halides is 3. The maximum Gasteiger partial charge on any atom is 0.396 e. The van der Waals surface area contributed by atoms with E-state index in [4.69, 9.17) is 0 Å². The standard InChI is InChI=1S/C23H18F4N6O2/c24-17-6-5-13(10-18-14-3-1-2-4-15(14)21(34)31-28-18)9-16(17)22(35)32-7-8-33-19(11-23(25,26)27)29-30-20(33)12-32/h1-6,9H,7-8,10-12H2,(H,31,34). The summed E-state index contributed by atoms with van der Waals surface area (Å²) >= 11 is 0. The number of nitrogens with one attached hydrogen (secondary N) is 1. The second-order valence-corrected chi connectivity index (χ2v) is 8.24. The lowest BCUT2D eigenvalue weighted by atomic mass is 10.0. The van der Waals surface area contributed by atoms with E-state index < -0.39 is 24.3 Å². The summed E-state index contributed by atoms with van der Waals surface area (Å²) in [6.45, 7) is 0.0814. The number of rotatable bonds is 4. The molecule has 0 saturated carbocycles. The molecule has 12 heteroatoms. The van der Waals surface area contributed by atoms with Crippen molar-refractivity contribution in [2.75, 3.05) is 6.54 Å². The minimum Gasteiger partial charge on any atom is -0.329 e. The summed E-state index contributed by atoms with van der Waals surface area (Å²) < 4.78 is 54.2. The van der Waals surface area contributed by atoms with E-state index in [0.29, 0.717) is 22.0 Å². The number of H-pyrrole nitrogens is 1. The van der Waals surface area contributed by atoms with E-state index in [1.807, 2.05) is 0 Å². The quantitative estimate of drug-likeness (QED) is 0.448. The zero-order valence-electron chi connectivity index (χ0n) is 18.1. The predicted molar refractivity (Wildman–Crippen MR) is 116 cm³/mol. The molecule has 0 radical (unpaired) electrons. The average molecular weight is 486 g/mol. The molecule has 4 aromatic rings. The van der Waals surface area contributed by atoms with E-state index in [1.165, 1.54) is 27.7 Å². The fourth-order valence-corrected chi connectivity index (χ4v) is 4.22. The lowest BCUT2D eigenvalue weighted by molar-refractivity contribution is -0.129. The van der Waals surface area contributed by atoms with Gasteiger partial charge < -0.3 is 9.47 Å². The van der Waals surface area contributed by atoms with Gasteiger partial charge in [-0.25, -0.2) is 9.49 Å². The van der Waals surface area contributed by atoms with Crippen molar-refractivity contribution in [3.63, 3.8) is 0 Å². The summed E-state index contributed by atoms with van der Waals surface area (Å²) in [7, 11) is 0. The number of halogens is 4. The first kappa shape index (κ1) is 22.7. The number of carbonyl (C=O) groups excluding carboxylic acids is 1. The van der Waals surface area contributed by atoms with Gasteiger partial charge in [-0.05, 0) is 23.8 Å². The Labute approximate surface area is 195 Å². The van der Waals surface area contributed by atoms with Gasteiger partial charge in [0.15, 0.2) is 5.82 Å². The molecule has 1 aliphatic heterocycles. The minimum absolute atomic E-state index is 0.0775. The molecule has 0 saturated heterocycles. The third-order valence-electron chi connectivity index (χ3n) is 5.88. The van der Waals surface area contributed by atoms with Crippen molar-refractivity contribution < 1.29 is 22.4 Å². The molecule has 5 rings (SSSR count). The number of aromatic nitrogens is 5. The molecule has 1 aliphatic rings. The molecule has 0 fully saturated rings. The van der Waals surface area contributed by atoms with Crippen LogP contribution in [0.1, 0.15) is 33.3 Å². The number of benzene rings is 2. The molecular formula is C23H18F4N6O2. The van der Waals surface area contributed by atoms with Gasteiger partial charge in [0.05, 0.1) is 23.2 Å². The Morgan fingerprint density at radius 1 is 1.06 bits per heavy atom. The smallest absolute Gasteiger partial charge is 0.329 e. The van der Waals surface area contributed by atoms with Crippen molar-refractivity contribution >= 4 is 16.7 Å². The molecule has 0 aliphatic carbocycles. The molecule has 35 heavy (non-hydrogen) atoms. The first-order valence-corrected chi connectivity index (χ1v) is 10.7. The molecule has 180 valence electrons. The number of hydrogen-bond acceptors (Lipinski definition) is 5. The predicted octanol–water partition coefficient (Wildman–Crippen LogP) is 3.01. The third-order valence-corrected chi connectivity index (χ3v) is 5.88. The minimum atomic E-state index is -4.42. The SMILES string of the molecule is O=C(c1cc(Cc2n[nH]c(=O)c3ccccc23)ccc1F)N1CCn2c(nnc2CC(F)(F)F)C1. The first-order chi connectivity index (χ1) is 16.7. The Bertz CT molecular complexity index is 1490. The molecule has 8 nitrogen and oxygen atoms in total. The molecule has 0 spiro atoms. The van der Waals surface area contributed by atoms with Gasteiger partial charge in [0, 0.05) is 24.9 Å². The lowest BCUT2D eigenvalue weighted by Crippen LogP contribution is -2.39. The Morgan fingerprint density at radius 3 is 2.60 bits per heavy atom. The first-order valence-electron chi connectivity index (χ1n) is 10.7. The van der Waals surface area contributed by atoms with Gasteiger partial charge in [-0.2, -0.15) is 18.3 Å². The summed E-state index contributed by atoms with van der Waals surface area (Å²) in [6.07, 6.45) is -5.39. The summed E-state index contributed by atoms with van der Waals surface area (Å²) in [5, 5.41) is 15.1. The normalized spacial score (nSPS) is 13.8. The molecule has 1 amide bonds. The summed E-state index contributed by atoms with van der Waals surface area (Å²) in [4.78, 5) is 26.5. The van der Waals surface area contributed by atoms with Gasteiger partial charge in [0.25, 0.3) is 11.5 Å². The van der Waals surface area contributed by atoms with E-state index in [9.17, 15) is 27.2 Å². The maximum atomic E-state index is 14.6. The number of aromatic amines is 1. The Kier molecular flexibility index (Phi) is 5.58. The van der Waals surface area contributed by atoms with E-state index in [0.717, 1.165) is 0 Å². The van der Waals surface area contributed by atoms with Crippen LogP contribution in [0.25, 0.3) is 10.8 Å². The molecule has 0 atom stereocenters.